The molecule has 0 atom stereocenters. The molecule has 0 saturated heterocycles. The zero-order valence-corrected chi connectivity index (χ0v) is 18.6. The molecule has 0 aliphatic heterocycles. The van der Waals surface area contributed by atoms with E-state index in [1.165, 1.54) is 19.2 Å². The second-order valence-corrected chi connectivity index (χ2v) is 7.83. The van der Waals surface area contributed by atoms with Gasteiger partial charge < -0.3 is 23.7 Å². The lowest BCUT2D eigenvalue weighted by Gasteiger charge is -2.13. The number of ether oxygens (including phenoxy) is 2. The molecular weight excluding hydrogens is 453 g/mol. The van der Waals surface area contributed by atoms with Crippen LogP contribution in [0.5, 0.6) is 11.5 Å². The molecular formula is C24H23F3N2O5. The van der Waals surface area contributed by atoms with E-state index in [-0.39, 0.29) is 22.3 Å². The molecule has 2 aromatic heterocycles. The molecule has 34 heavy (non-hydrogen) atoms. The van der Waals surface area contributed by atoms with Gasteiger partial charge in [0.25, 0.3) is 0 Å². The van der Waals surface area contributed by atoms with E-state index in [0.29, 0.717) is 43.7 Å². The van der Waals surface area contributed by atoms with Crippen LogP contribution in [0.25, 0.3) is 21.9 Å². The van der Waals surface area contributed by atoms with Gasteiger partial charge in [0.1, 0.15) is 17.1 Å². The Bertz CT molecular complexity index is 1340. The topological polar surface area (TPSA) is 86.7 Å². The van der Waals surface area contributed by atoms with Crippen molar-refractivity contribution in [2.24, 2.45) is 0 Å². The van der Waals surface area contributed by atoms with Gasteiger partial charge in [0.05, 0.1) is 24.6 Å². The minimum atomic E-state index is -4.59. The number of halogens is 3. The van der Waals surface area contributed by atoms with Gasteiger partial charge in [0, 0.05) is 29.8 Å². The third kappa shape index (κ3) is 4.40. The van der Waals surface area contributed by atoms with Crippen molar-refractivity contribution in [1.29, 1.82) is 0 Å². The van der Waals surface area contributed by atoms with Crippen molar-refractivity contribution < 1.29 is 37.1 Å². The van der Waals surface area contributed by atoms with Crippen LogP contribution in [0.2, 0.25) is 0 Å². The molecule has 1 N–H and O–H groups in total. The first-order valence-corrected chi connectivity index (χ1v) is 10.8. The predicted octanol–water partition coefficient (Wildman–Crippen LogP) is 5.93. The SMILES string of the molecule is CCCc1c(OCCCn2ccc3cc(C(=O)O)c(OC)cc32)ccc2c(C(F)(F)F)noc12. The summed E-state index contributed by atoms with van der Waals surface area (Å²) in [4.78, 5) is 11.4. The van der Waals surface area contributed by atoms with Gasteiger partial charge in [-0.15, -0.1) is 0 Å². The Morgan fingerprint density at radius 3 is 2.68 bits per heavy atom. The van der Waals surface area contributed by atoms with E-state index in [1.54, 1.807) is 12.1 Å². The molecule has 0 radical (unpaired) electrons. The monoisotopic (exact) mass is 476 g/mol. The summed E-state index contributed by atoms with van der Waals surface area (Å²) in [5.41, 5.74) is 0.560. The number of methoxy groups -OCH3 is 1. The number of aromatic nitrogens is 2. The van der Waals surface area contributed by atoms with Crippen LogP contribution in [0, 0.1) is 0 Å². The molecule has 180 valence electrons. The summed E-state index contributed by atoms with van der Waals surface area (Å²) in [7, 11) is 1.42. The predicted molar refractivity (Wildman–Crippen MR) is 119 cm³/mol. The van der Waals surface area contributed by atoms with Gasteiger partial charge in [0.15, 0.2) is 11.3 Å². The maximum absolute atomic E-state index is 13.2. The van der Waals surface area contributed by atoms with Crippen molar-refractivity contribution in [3.63, 3.8) is 0 Å². The summed E-state index contributed by atoms with van der Waals surface area (Å²) < 4.78 is 57.7. The fraction of sp³-hybridized carbons (Fsp3) is 0.333. The van der Waals surface area contributed by atoms with Crippen molar-refractivity contribution in [3.8, 4) is 11.5 Å². The molecule has 0 aliphatic carbocycles. The molecule has 4 rings (SSSR count). The van der Waals surface area contributed by atoms with Crippen LogP contribution in [-0.2, 0) is 19.1 Å². The summed E-state index contributed by atoms with van der Waals surface area (Å²) in [5.74, 6) is -0.308. The summed E-state index contributed by atoms with van der Waals surface area (Å²) in [6.07, 6.45) is -0.928. The quantitative estimate of drug-likeness (QED) is 0.301. The maximum atomic E-state index is 13.2. The number of aryl methyl sites for hydroxylation is 2. The lowest BCUT2D eigenvalue weighted by atomic mass is 10.0. The molecule has 0 spiro atoms. The van der Waals surface area contributed by atoms with Crippen molar-refractivity contribution in [2.75, 3.05) is 13.7 Å². The second kappa shape index (κ2) is 9.28. The van der Waals surface area contributed by atoms with E-state index in [9.17, 15) is 23.1 Å². The van der Waals surface area contributed by atoms with Gasteiger partial charge in [-0.1, -0.05) is 18.5 Å². The Hall–Kier alpha value is -3.69. The van der Waals surface area contributed by atoms with E-state index in [2.05, 4.69) is 5.16 Å². The Kier molecular flexibility index (Phi) is 6.41. The largest absolute Gasteiger partial charge is 0.496 e. The molecule has 0 saturated carbocycles. The molecule has 4 aromatic rings. The summed E-state index contributed by atoms with van der Waals surface area (Å²) in [6.45, 7) is 2.84. The average molecular weight is 476 g/mol. The highest BCUT2D eigenvalue weighted by atomic mass is 19.4. The first kappa shape index (κ1) is 23.5. The number of hydrogen-bond donors (Lipinski definition) is 1. The van der Waals surface area contributed by atoms with Crippen LogP contribution in [0.15, 0.2) is 41.1 Å². The van der Waals surface area contributed by atoms with E-state index >= 15 is 0 Å². The number of rotatable bonds is 9. The lowest BCUT2D eigenvalue weighted by Crippen LogP contribution is -2.07. The first-order valence-electron chi connectivity index (χ1n) is 10.8. The Morgan fingerprint density at radius 2 is 2.00 bits per heavy atom. The van der Waals surface area contributed by atoms with Crippen LogP contribution in [0.3, 0.4) is 0 Å². The average Bonchev–Trinajstić information content (AvgIpc) is 3.41. The van der Waals surface area contributed by atoms with E-state index in [1.807, 2.05) is 23.8 Å². The maximum Gasteiger partial charge on any atom is 0.437 e. The number of aromatic carboxylic acids is 1. The zero-order chi connectivity index (χ0) is 24.5. The number of carboxylic acid groups (broad SMARTS) is 1. The van der Waals surface area contributed by atoms with Crippen LogP contribution >= 0.6 is 0 Å². The van der Waals surface area contributed by atoms with Crippen LogP contribution < -0.4 is 9.47 Å². The number of carbonyl (C=O) groups is 1. The van der Waals surface area contributed by atoms with E-state index in [4.69, 9.17) is 14.0 Å². The lowest BCUT2D eigenvalue weighted by molar-refractivity contribution is -0.141. The summed E-state index contributed by atoms with van der Waals surface area (Å²) >= 11 is 0. The first-order chi connectivity index (χ1) is 16.2. The molecule has 0 bridgehead atoms. The highest BCUT2D eigenvalue weighted by Gasteiger charge is 2.37. The summed E-state index contributed by atoms with van der Waals surface area (Å²) in [6, 6.07) is 7.95. The van der Waals surface area contributed by atoms with Gasteiger partial charge in [0.2, 0.25) is 0 Å². The minimum absolute atomic E-state index is 0.0724. The minimum Gasteiger partial charge on any atom is -0.496 e. The molecule has 2 aromatic carbocycles. The van der Waals surface area contributed by atoms with Crippen molar-refractivity contribution in [1.82, 2.24) is 9.72 Å². The molecule has 2 heterocycles. The van der Waals surface area contributed by atoms with Crippen molar-refractivity contribution in [3.05, 3.63) is 53.3 Å². The normalized spacial score (nSPS) is 11.9. The van der Waals surface area contributed by atoms with Gasteiger partial charge in [-0.05, 0) is 37.1 Å². The fourth-order valence-corrected chi connectivity index (χ4v) is 4.03. The molecule has 0 fully saturated rings. The van der Waals surface area contributed by atoms with Gasteiger partial charge in [-0.2, -0.15) is 13.2 Å². The molecule has 0 unspecified atom stereocenters. The van der Waals surface area contributed by atoms with Crippen molar-refractivity contribution >= 4 is 27.8 Å². The van der Waals surface area contributed by atoms with E-state index in [0.717, 1.165) is 10.9 Å². The molecule has 10 heteroatoms. The summed E-state index contributed by atoms with van der Waals surface area (Å²) in [5, 5.41) is 13.3. The fourth-order valence-electron chi connectivity index (χ4n) is 4.03. The number of alkyl halides is 3. The number of hydrogen-bond acceptors (Lipinski definition) is 5. The Labute approximate surface area is 192 Å². The van der Waals surface area contributed by atoms with E-state index < -0.39 is 17.8 Å². The van der Waals surface area contributed by atoms with Gasteiger partial charge in [-0.3, -0.25) is 0 Å². The van der Waals surface area contributed by atoms with Gasteiger partial charge >= 0.3 is 12.1 Å². The van der Waals surface area contributed by atoms with Crippen LogP contribution in [0.4, 0.5) is 13.2 Å². The standard InChI is InChI=1S/C24H23F3N2O5/c1-3-5-15-19(7-6-16-21(15)34-28-22(16)24(25,26)27)33-11-4-9-29-10-8-14-12-17(23(30)31)20(32-2)13-18(14)29/h6-8,10,12-13H,3-5,9,11H2,1-2H3,(H,30,31). The Morgan fingerprint density at radius 1 is 1.21 bits per heavy atom. The highest BCUT2D eigenvalue weighted by Crippen LogP contribution is 2.38. The van der Waals surface area contributed by atoms with Gasteiger partial charge in [-0.25, -0.2) is 4.79 Å². The van der Waals surface area contributed by atoms with Crippen molar-refractivity contribution in [2.45, 2.75) is 38.9 Å². The van der Waals surface area contributed by atoms with Crippen LogP contribution in [0.1, 0.15) is 41.4 Å². The zero-order valence-electron chi connectivity index (χ0n) is 18.6. The third-order valence-corrected chi connectivity index (χ3v) is 5.59. The Balaban J connectivity index is 1.49. The third-order valence-electron chi connectivity index (χ3n) is 5.59. The number of fused-ring (bicyclic) bond motifs is 2. The second-order valence-electron chi connectivity index (χ2n) is 7.83. The smallest absolute Gasteiger partial charge is 0.437 e. The number of nitrogens with zero attached hydrogens (tertiary/aromatic N) is 2. The highest BCUT2D eigenvalue weighted by molar-refractivity contribution is 5.97. The molecule has 7 nitrogen and oxygen atoms in total. The number of benzene rings is 2. The molecule has 0 amide bonds. The molecule has 0 aliphatic rings. The van der Waals surface area contributed by atoms with Crippen LogP contribution in [-0.4, -0.2) is 34.5 Å². The number of carboxylic acids is 1.